The number of hydrogen-bond donors (Lipinski definition) is 1. The molecule has 0 amide bonds. The first kappa shape index (κ1) is 7.37. The van der Waals surface area contributed by atoms with Gasteiger partial charge in [-0.25, -0.2) is 0 Å². The van der Waals surface area contributed by atoms with Crippen LogP contribution in [0.25, 0.3) is 0 Å². The van der Waals surface area contributed by atoms with Gasteiger partial charge < -0.3 is 5.32 Å². The fraction of sp³-hybridized carbons (Fsp3) is 1.00. The van der Waals surface area contributed by atoms with E-state index in [1.165, 1.54) is 38.8 Å². The van der Waals surface area contributed by atoms with Crippen molar-refractivity contribution in [2.24, 2.45) is 17.3 Å². The van der Waals surface area contributed by atoms with Crippen LogP contribution in [0.2, 0.25) is 0 Å². The molecular weight excluding hydrogens is 146 g/mol. The standard InChI is InChI=1S/C11H19N/c1-2-4-9(3-1)5-11-6-10(11)7-12-8-11/h9-10,12H,1-8H2. The molecule has 1 nitrogen and oxygen atoms in total. The van der Waals surface area contributed by atoms with E-state index in [4.69, 9.17) is 0 Å². The third-order valence-corrected chi connectivity index (χ3v) is 4.40. The molecule has 68 valence electrons. The summed E-state index contributed by atoms with van der Waals surface area (Å²) in [6.45, 7) is 2.67. The Labute approximate surface area is 74.9 Å². The van der Waals surface area contributed by atoms with Crippen LogP contribution in [0.15, 0.2) is 0 Å². The molecule has 0 aromatic rings. The zero-order valence-electron chi connectivity index (χ0n) is 7.81. The van der Waals surface area contributed by atoms with Crippen molar-refractivity contribution in [3.05, 3.63) is 0 Å². The van der Waals surface area contributed by atoms with Gasteiger partial charge in [0.25, 0.3) is 0 Å². The van der Waals surface area contributed by atoms with Gasteiger partial charge in [-0.15, -0.1) is 0 Å². The molecule has 2 saturated carbocycles. The molecule has 3 rings (SSSR count). The van der Waals surface area contributed by atoms with Gasteiger partial charge in [-0.3, -0.25) is 0 Å². The summed E-state index contributed by atoms with van der Waals surface area (Å²) in [5.74, 6) is 2.19. The fourth-order valence-corrected chi connectivity index (χ4v) is 3.54. The Bertz CT molecular complexity index is 183. The van der Waals surface area contributed by atoms with Crippen molar-refractivity contribution >= 4 is 0 Å². The van der Waals surface area contributed by atoms with Gasteiger partial charge in [-0.2, -0.15) is 0 Å². The lowest BCUT2D eigenvalue weighted by atomic mass is 9.90. The second-order valence-electron chi connectivity index (χ2n) is 5.25. The first-order chi connectivity index (χ1) is 5.89. The molecule has 2 unspecified atom stereocenters. The minimum absolute atomic E-state index is 0.814. The van der Waals surface area contributed by atoms with Crippen molar-refractivity contribution in [3.63, 3.8) is 0 Å². The Hall–Kier alpha value is -0.0400. The van der Waals surface area contributed by atoms with Gasteiger partial charge in [-0.05, 0) is 36.6 Å². The minimum atomic E-state index is 0.814. The SMILES string of the molecule is C1CCC(CC23CNCC2C3)C1. The average Bonchev–Trinajstić information content (AvgIpc) is 2.56. The first-order valence-corrected chi connectivity index (χ1v) is 5.60. The summed E-state index contributed by atoms with van der Waals surface area (Å²) in [6, 6.07) is 0. The van der Waals surface area contributed by atoms with Crippen LogP contribution in [0.4, 0.5) is 0 Å². The maximum atomic E-state index is 3.54. The molecule has 0 aromatic heterocycles. The molecule has 1 heterocycles. The second kappa shape index (κ2) is 2.47. The molecule has 0 aromatic carbocycles. The van der Waals surface area contributed by atoms with Crippen LogP contribution in [0.3, 0.4) is 0 Å². The molecule has 3 fully saturated rings. The lowest BCUT2D eigenvalue weighted by Crippen LogP contribution is -2.18. The predicted molar refractivity (Wildman–Crippen MR) is 50.0 cm³/mol. The van der Waals surface area contributed by atoms with E-state index < -0.39 is 0 Å². The van der Waals surface area contributed by atoms with Crippen molar-refractivity contribution in [2.75, 3.05) is 13.1 Å². The van der Waals surface area contributed by atoms with Gasteiger partial charge in [-0.1, -0.05) is 25.7 Å². The monoisotopic (exact) mass is 165 g/mol. The summed E-state index contributed by atoms with van der Waals surface area (Å²) in [4.78, 5) is 0. The number of piperidine rings is 1. The molecule has 0 radical (unpaired) electrons. The zero-order valence-corrected chi connectivity index (χ0v) is 7.81. The van der Waals surface area contributed by atoms with Gasteiger partial charge in [0.2, 0.25) is 0 Å². The van der Waals surface area contributed by atoms with Crippen molar-refractivity contribution in [1.82, 2.24) is 5.32 Å². The lowest BCUT2D eigenvalue weighted by molar-refractivity contribution is 0.359. The van der Waals surface area contributed by atoms with E-state index in [1.54, 1.807) is 12.8 Å². The van der Waals surface area contributed by atoms with Gasteiger partial charge in [0.05, 0.1) is 0 Å². The Morgan fingerprint density at radius 2 is 2.08 bits per heavy atom. The summed E-state index contributed by atoms with van der Waals surface area (Å²) < 4.78 is 0. The van der Waals surface area contributed by atoms with E-state index in [-0.39, 0.29) is 0 Å². The van der Waals surface area contributed by atoms with Gasteiger partial charge in [0.1, 0.15) is 0 Å². The smallest absolute Gasteiger partial charge is 0.00113 e. The normalized spacial score (nSPS) is 46.5. The molecule has 2 atom stereocenters. The largest absolute Gasteiger partial charge is 0.316 e. The third kappa shape index (κ3) is 1.02. The lowest BCUT2D eigenvalue weighted by Gasteiger charge is -2.16. The van der Waals surface area contributed by atoms with E-state index >= 15 is 0 Å². The second-order valence-corrected chi connectivity index (χ2v) is 5.25. The van der Waals surface area contributed by atoms with Crippen LogP contribution in [-0.2, 0) is 0 Å². The van der Waals surface area contributed by atoms with E-state index in [0.29, 0.717) is 0 Å². The molecule has 1 saturated heterocycles. The Morgan fingerprint density at radius 3 is 2.67 bits per heavy atom. The van der Waals surface area contributed by atoms with Gasteiger partial charge in [0, 0.05) is 6.54 Å². The first-order valence-electron chi connectivity index (χ1n) is 5.60. The van der Waals surface area contributed by atoms with Crippen molar-refractivity contribution in [2.45, 2.75) is 38.5 Å². The predicted octanol–water partition coefficient (Wildman–Crippen LogP) is 2.18. The average molecular weight is 165 g/mol. The fourth-order valence-electron chi connectivity index (χ4n) is 3.54. The molecule has 12 heavy (non-hydrogen) atoms. The van der Waals surface area contributed by atoms with E-state index in [0.717, 1.165) is 17.3 Å². The van der Waals surface area contributed by atoms with E-state index in [1.807, 2.05) is 0 Å². The molecular formula is C11H19N. The Morgan fingerprint density at radius 1 is 1.25 bits per heavy atom. The quantitative estimate of drug-likeness (QED) is 0.661. The van der Waals surface area contributed by atoms with Crippen LogP contribution < -0.4 is 5.32 Å². The van der Waals surface area contributed by atoms with E-state index in [9.17, 15) is 0 Å². The molecule has 0 spiro atoms. The summed E-state index contributed by atoms with van der Waals surface area (Å²) >= 11 is 0. The van der Waals surface area contributed by atoms with Crippen LogP contribution in [0.1, 0.15) is 38.5 Å². The van der Waals surface area contributed by atoms with Gasteiger partial charge in [0.15, 0.2) is 0 Å². The topological polar surface area (TPSA) is 12.0 Å². The maximum absolute atomic E-state index is 3.54. The van der Waals surface area contributed by atoms with Crippen molar-refractivity contribution in [3.8, 4) is 0 Å². The third-order valence-electron chi connectivity index (χ3n) is 4.40. The van der Waals surface area contributed by atoms with Crippen molar-refractivity contribution in [1.29, 1.82) is 0 Å². The van der Waals surface area contributed by atoms with Crippen LogP contribution in [0.5, 0.6) is 0 Å². The minimum Gasteiger partial charge on any atom is -0.316 e. The Balaban J connectivity index is 1.60. The zero-order chi connectivity index (χ0) is 8.02. The number of nitrogens with one attached hydrogen (secondary N) is 1. The molecule has 2 aliphatic carbocycles. The summed E-state index contributed by atoms with van der Waals surface area (Å²) in [6.07, 6.45) is 9.21. The highest BCUT2D eigenvalue weighted by atomic mass is 15.0. The van der Waals surface area contributed by atoms with Crippen molar-refractivity contribution < 1.29 is 0 Å². The highest BCUT2D eigenvalue weighted by molar-refractivity contribution is 5.09. The highest BCUT2D eigenvalue weighted by Gasteiger charge is 2.57. The summed E-state index contributed by atoms with van der Waals surface area (Å²) in [5.41, 5.74) is 0.814. The summed E-state index contributed by atoms with van der Waals surface area (Å²) in [5, 5.41) is 3.54. The van der Waals surface area contributed by atoms with Crippen LogP contribution >= 0.6 is 0 Å². The van der Waals surface area contributed by atoms with Crippen LogP contribution in [0, 0.1) is 17.3 Å². The number of fused-ring (bicyclic) bond motifs is 1. The number of hydrogen-bond acceptors (Lipinski definition) is 1. The summed E-state index contributed by atoms with van der Waals surface area (Å²) in [7, 11) is 0. The number of rotatable bonds is 2. The molecule has 0 bridgehead atoms. The van der Waals surface area contributed by atoms with E-state index in [2.05, 4.69) is 5.32 Å². The molecule has 1 heteroatoms. The van der Waals surface area contributed by atoms with Gasteiger partial charge >= 0.3 is 0 Å². The Kier molecular flexibility index (Phi) is 1.52. The molecule has 3 aliphatic rings. The highest BCUT2D eigenvalue weighted by Crippen LogP contribution is 2.59. The maximum Gasteiger partial charge on any atom is 0.00113 e. The molecule has 1 aliphatic heterocycles. The van der Waals surface area contributed by atoms with Crippen LogP contribution in [-0.4, -0.2) is 13.1 Å². The molecule has 1 N–H and O–H groups in total.